The molecule has 3 atom stereocenters. The van der Waals surface area contributed by atoms with E-state index in [9.17, 15) is 0 Å². The lowest BCUT2D eigenvalue weighted by Gasteiger charge is -2.38. The number of para-hydroxylation sites is 1. The zero-order valence-corrected chi connectivity index (χ0v) is 12.1. The second-order valence-electron chi connectivity index (χ2n) is 6.09. The molecule has 108 valence electrons. The van der Waals surface area contributed by atoms with Crippen LogP contribution in [0.5, 0.6) is 5.75 Å². The van der Waals surface area contributed by atoms with E-state index in [-0.39, 0.29) is 0 Å². The van der Waals surface area contributed by atoms with Crippen LogP contribution in [-0.2, 0) is 0 Å². The Hall–Kier alpha value is -2.03. The molecule has 2 aliphatic rings. The van der Waals surface area contributed by atoms with Gasteiger partial charge >= 0.3 is 0 Å². The van der Waals surface area contributed by atoms with E-state index in [0.717, 1.165) is 24.7 Å². The summed E-state index contributed by atoms with van der Waals surface area (Å²) in [5.74, 6) is 3.34. The van der Waals surface area contributed by atoms with Crippen molar-refractivity contribution in [3.63, 3.8) is 0 Å². The van der Waals surface area contributed by atoms with Crippen molar-refractivity contribution >= 4 is 5.82 Å². The van der Waals surface area contributed by atoms with Gasteiger partial charge in [-0.2, -0.15) is 0 Å². The Morgan fingerprint density at radius 3 is 2.29 bits per heavy atom. The quantitative estimate of drug-likeness (QED) is 0.862. The third kappa shape index (κ3) is 2.48. The van der Waals surface area contributed by atoms with Crippen LogP contribution in [0.25, 0.3) is 0 Å². The minimum absolute atomic E-state index is 0.368. The van der Waals surface area contributed by atoms with Gasteiger partial charge in [0.15, 0.2) is 0 Å². The first-order chi connectivity index (χ1) is 10.4. The van der Waals surface area contributed by atoms with Gasteiger partial charge in [-0.15, -0.1) is 0 Å². The van der Waals surface area contributed by atoms with E-state index in [0.29, 0.717) is 17.9 Å². The third-order valence-electron chi connectivity index (χ3n) is 4.74. The Kier molecular flexibility index (Phi) is 3.26. The number of nitrogens with zero attached hydrogens (tertiary/aromatic N) is 2. The number of hydrogen-bond acceptors (Lipinski definition) is 3. The molecule has 0 amide bonds. The van der Waals surface area contributed by atoms with Crippen LogP contribution in [0.1, 0.15) is 12.8 Å². The molecule has 21 heavy (non-hydrogen) atoms. The average molecular weight is 280 g/mol. The number of fused-ring (bicyclic) bond motifs is 2. The van der Waals surface area contributed by atoms with Gasteiger partial charge in [-0.05, 0) is 37.1 Å². The van der Waals surface area contributed by atoms with Gasteiger partial charge in [0.05, 0.1) is 0 Å². The molecule has 2 aromatic rings. The molecular weight excluding hydrogens is 260 g/mol. The summed E-state index contributed by atoms with van der Waals surface area (Å²) in [5.41, 5.74) is 0. The van der Waals surface area contributed by atoms with Crippen molar-refractivity contribution in [1.29, 1.82) is 0 Å². The van der Waals surface area contributed by atoms with E-state index in [1.807, 2.05) is 30.5 Å². The summed E-state index contributed by atoms with van der Waals surface area (Å²) in [5, 5.41) is 0. The van der Waals surface area contributed by atoms with Gasteiger partial charge in [-0.25, -0.2) is 4.98 Å². The van der Waals surface area contributed by atoms with Gasteiger partial charge in [0.25, 0.3) is 0 Å². The minimum atomic E-state index is 0.368. The Balaban J connectivity index is 1.49. The fourth-order valence-electron chi connectivity index (χ4n) is 3.75. The monoisotopic (exact) mass is 280 g/mol. The number of anilines is 1. The van der Waals surface area contributed by atoms with Crippen LogP contribution >= 0.6 is 0 Å². The third-order valence-corrected chi connectivity index (χ3v) is 4.74. The summed E-state index contributed by atoms with van der Waals surface area (Å²) >= 11 is 0. The molecular formula is C18H20N2O. The van der Waals surface area contributed by atoms with Crippen LogP contribution in [0.4, 0.5) is 5.82 Å². The lowest BCUT2D eigenvalue weighted by atomic mass is 9.94. The van der Waals surface area contributed by atoms with Crippen LogP contribution in [0.15, 0.2) is 54.7 Å². The largest absolute Gasteiger partial charge is 0.490 e. The zero-order valence-electron chi connectivity index (χ0n) is 12.1. The van der Waals surface area contributed by atoms with E-state index in [1.54, 1.807) is 0 Å². The number of pyridine rings is 1. The second kappa shape index (κ2) is 5.40. The zero-order chi connectivity index (χ0) is 14.1. The van der Waals surface area contributed by atoms with Gasteiger partial charge < -0.3 is 9.64 Å². The number of ether oxygens (including phenoxy) is 1. The van der Waals surface area contributed by atoms with Gasteiger partial charge in [0.2, 0.25) is 0 Å². The lowest BCUT2D eigenvalue weighted by molar-refractivity contribution is 0.103. The average Bonchev–Trinajstić information content (AvgIpc) is 2.78. The Bertz CT molecular complexity index is 573. The van der Waals surface area contributed by atoms with Gasteiger partial charge in [-0.1, -0.05) is 24.3 Å². The van der Waals surface area contributed by atoms with Gasteiger partial charge in [-0.3, -0.25) is 0 Å². The molecule has 1 aliphatic carbocycles. The van der Waals surface area contributed by atoms with Crippen molar-refractivity contribution in [3.05, 3.63) is 54.7 Å². The van der Waals surface area contributed by atoms with Crippen LogP contribution < -0.4 is 9.64 Å². The molecule has 0 unspecified atom stereocenters. The highest BCUT2D eigenvalue weighted by molar-refractivity contribution is 5.39. The first-order valence-electron chi connectivity index (χ1n) is 7.78. The first-order valence-corrected chi connectivity index (χ1v) is 7.78. The smallest absolute Gasteiger partial charge is 0.128 e. The molecule has 2 bridgehead atoms. The molecule has 4 rings (SSSR count). The predicted octanol–water partition coefficient (Wildman–Crippen LogP) is 3.38. The minimum Gasteiger partial charge on any atom is -0.490 e. The molecule has 1 saturated carbocycles. The fourth-order valence-corrected chi connectivity index (χ4v) is 3.75. The Morgan fingerprint density at radius 2 is 1.62 bits per heavy atom. The van der Waals surface area contributed by atoms with Crippen LogP contribution in [-0.4, -0.2) is 24.2 Å². The number of hydrogen-bond donors (Lipinski definition) is 0. The summed E-state index contributed by atoms with van der Waals surface area (Å²) < 4.78 is 6.28. The molecule has 0 N–H and O–H groups in total. The van der Waals surface area contributed by atoms with E-state index >= 15 is 0 Å². The van der Waals surface area contributed by atoms with Crippen molar-refractivity contribution in [2.24, 2.45) is 11.8 Å². The maximum absolute atomic E-state index is 6.28. The molecule has 0 radical (unpaired) electrons. The summed E-state index contributed by atoms with van der Waals surface area (Å²) in [6.07, 6.45) is 4.79. The molecule has 3 heteroatoms. The van der Waals surface area contributed by atoms with Crippen molar-refractivity contribution in [3.8, 4) is 5.75 Å². The molecule has 1 aromatic heterocycles. The molecule has 1 saturated heterocycles. The number of benzene rings is 1. The summed E-state index contributed by atoms with van der Waals surface area (Å²) in [6.45, 7) is 2.12. The van der Waals surface area contributed by atoms with E-state index in [4.69, 9.17) is 4.74 Å². The maximum Gasteiger partial charge on any atom is 0.128 e. The number of aromatic nitrogens is 1. The van der Waals surface area contributed by atoms with Gasteiger partial charge in [0, 0.05) is 31.1 Å². The fraction of sp³-hybridized carbons (Fsp3) is 0.389. The Morgan fingerprint density at radius 1 is 0.905 bits per heavy atom. The highest BCUT2D eigenvalue weighted by Gasteiger charge is 2.43. The van der Waals surface area contributed by atoms with Crippen molar-refractivity contribution in [2.75, 3.05) is 18.0 Å². The van der Waals surface area contributed by atoms with Crippen LogP contribution in [0, 0.1) is 11.8 Å². The number of rotatable bonds is 3. The molecule has 2 heterocycles. The van der Waals surface area contributed by atoms with E-state index < -0.39 is 0 Å². The highest BCUT2D eigenvalue weighted by Crippen LogP contribution is 2.40. The molecule has 1 aromatic carbocycles. The lowest BCUT2D eigenvalue weighted by Crippen LogP contribution is -2.47. The maximum atomic E-state index is 6.28. The standard InChI is InChI=1S/C18H20N2O/c1-2-6-16(7-3-1)21-18-14-9-10-15(18)13-20(12-14)17-8-4-5-11-19-17/h1-8,11,14-15,18H,9-10,12-13H2/t14-,15+,18+. The van der Waals surface area contributed by atoms with Crippen molar-refractivity contribution in [1.82, 2.24) is 4.98 Å². The van der Waals surface area contributed by atoms with Crippen molar-refractivity contribution in [2.45, 2.75) is 18.9 Å². The van der Waals surface area contributed by atoms with Crippen LogP contribution in [0.2, 0.25) is 0 Å². The van der Waals surface area contributed by atoms with Crippen LogP contribution in [0.3, 0.4) is 0 Å². The van der Waals surface area contributed by atoms with E-state index in [2.05, 4.69) is 34.1 Å². The SMILES string of the molecule is c1ccc(O[C@H]2[C@@H]3CC[C@H]2CN(c2ccccn2)C3)cc1. The topological polar surface area (TPSA) is 25.4 Å². The highest BCUT2D eigenvalue weighted by atomic mass is 16.5. The first kappa shape index (κ1) is 12.7. The summed E-state index contributed by atoms with van der Waals surface area (Å²) in [7, 11) is 0. The molecule has 3 nitrogen and oxygen atoms in total. The normalized spacial score (nSPS) is 27.6. The predicted molar refractivity (Wildman–Crippen MR) is 83.5 cm³/mol. The van der Waals surface area contributed by atoms with E-state index in [1.165, 1.54) is 12.8 Å². The Labute approximate surface area is 125 Å². The second-order valence-corrected chi connectivity index (χ2v) is 6.09. The molecule has 2 fully saturated rings. The summed E-state index contributed by atoms with van der Waals surface area (Å²) in [4.78, 5) is 6.92. The molecule has 0 spiro atoms. The van der Waals surface area contributed by atoms with Gasteiger partial charge in [0.1, 0.15) is 17.7 Å². The summed E-state index contributed by atoms with van der Waals surface area (Å²) in [6, 6.07) is 16.4. The van der Waals surface area contributed by atoms with Crippen molar-refractivity contribution < 1.29 is 4.74 Å². The number of piperidine rings is 1. The molecule has 1 aliphatic heterocycles.